The van der Waals surface area contributed by atoms with Gasteiger partial charge in [0.2, 0.25) is 0 Å². The number of carbonyl (C=O) groups is 1. The summed E-state index contributed by atoms with van der Waals surface area (Å²) in [6.45, 7) is 2.86. The number of hydrogen-bond donors (Lipinski definition) is 1. The second-order valence-corrected chi connectivity index (χ2v) is 6.03. The molecule has 1 aliphatic carbocycles. The van der Waals surface area contributed by atoms with Gasteiger partial charge in [-0.05, 0) is 25.0 Å². The van der Waals surface area contributed by atoms with E-state index < -0.39 is 0 Å². The Morgan fingerprint density at radius 1 is 1.17 bits per heavy atom. The molecule has 2 aliphatic rings. The molecule has 0 radical (unpaired) electrons. The molecule has 1 amide bonds. The monoisotopic (exact) mass is 325 g/mol. The zero-order valence-electron chi connectivity index (χ0n) is 13.3. The SMILES string of the molecule is O=C(Nc1cccnc1N1CCOCC1)c1cnc(C2CC2)nc1. The molecule has 0 unspecified atom stereocenters. The van der Waals surface area contributed by atoms with Crippen LogP contribution in [0, 0.1) is 0 Å². The van der Waals surface area contributed by atoms with Crippen LogP contribution < -0.4 is 10.2 Å². The third kappa shape index (κ3) is 3.21. The topological polar surface area (TPSA) is 80.2 Å². The van der Waals surface area contributed by atoms with Crippen molar-refractivity contribution in [2.24, 2.45) is 0 Å². The summed E-state index contributed by atoms with van der Waals surface area (Å²) < 4.78 is 5.37. The van der Waals surface area contributed by atoms with Gasteiger partial charge in [0, 0.05) is 37.6 Å². The Labute approximate surface area is 140 Å². The third-order valence-corrected chi connectivity index (χ3v) is 4.22. The number of nitrogens with zero attached hydrogens (tertiary/aromatic N) is 4. The average Bonchev–Trinajstić information content (AvgIpc) is 3.48. The summed E-state index contributed by atoms with van der Waals surface area (Å²) in [5.74, 6) is 1.86. The highest BCUT2D eigenvalue weighted by atomic mass is 16.5. The number of pyridine rings is 1. The minimum Gasteiger partial charge on any atom is -0.378 e. The van der Waals surface area contributed by atoms with Crippen molar-refractivity contribution in [1.82, 2.24) is 15.0 Å². The molecule has 1 aliphatic heterocycles. The highest BCUT2D eigenvalue weighted by molar-refractivity contribution is 6.05. The predicted molar refractivity (Wildman–Crippen MR) is 89.2 cm³/mol. The van der Waals surface area contributed by atoms with Gasteiger partial charge in [-0.15, -0.1) is 0 Å². The lowest BCUT2D eigenvalue weighted by atomic mass is 10.2. The predicted octanol–water partition coefficient (Wildman–Crippen LogP) is 1.84. The highest BCUT2D eigenvalue weighted by Gasteiger charge is 2.26. The molecule has 124 valence electrons. The summed E-state index contributed by atoms with van der Waals surface area (Å²) in [5.41, 5.74) is 1.15. The average molecular weight is 325 g/mol. The van der Waals surface area contributed by atoms with E-state index in [4.69, 9.17) is 4.74 Å². The first-order valence-electron chi connectivity index (χ1n) is 8.22. The fourth-order valence-corrected chi connectivity index (χ4v) is 2.72. The van der Waals surface area contributed by atoms with Crippen LogP contribution in [0.5, 0.6) is 0 Å². The molecule has 0 bridgehead atoms. The van der Waals surface area contributed by atoms with Crippen molar-refractivity contribution in [3.8, 4) is 0 Å². The zero-order chi connectivity index (χ0) is 16.4. The second-order valence-electron chi connectivity index (χ2n) is 6.03. The van der Waals surface area contributed by atoms with E-state index >= 15 is 0 Å². The van der Waals surface area contributed by atoms with Crippen molar-refractivity contribution in [3.05, 3.63) is 42.1 Å². The van der Waals surface area contributed by atoms with Crippen molar-refractivity contribution in [3.63, 3.8) is 0 Å². The third-order valence-electron chi connectivity index (χ3n) is 4.22. The van der Waals surface area contributed by atoms with Crippen LogP contribution in [0.15, 0.2) is 30.7 Å². The number of aromatic nitrogens is 3. The van der Waals surface area contributed by atoms with Crippen LogP contribution in [0.25, 0.3) is 0 Å². The highest BCUT2D eigenvalue weighted by Crippen LogP contribution is 2.37. The van der Waals surface area contributed by atoms with Gasteiger partial charge >= 0.3 is 0 Å². The van der Waals surface area contributed by atoms with Crippen molar-refractivity contribution < 1.29 is 9.53 Å². The Morgan fingerprint density at radius 2 is 1.92 bits per heavy atom. The first-order chi connectivity index (χ1) is 11.8. The molecule has 1 saturated heterocycles. The Morgan fingerprint density at radius 3 is 2.62 bits per heavy atom. The molecule has 0 atom stereocenters. The maximum atomic E-state index is 12.5. The van der Waals surface area contributed by atoms with Crippen LogP contribution >= 0.6 is 0 Å². The van der Waals surface area contributed by atoms with Crippen LogP contribution in [0.1, 0.15) is 34.9 Å². The van der Waals surface area contributed by atoms with Gasteiger partial charge < -0.3 is 15.0 Å². The number of hydrogen-bond acceptors (Lipinski definition) is 6. The van der Waals surface area contributed by atoms with E-state index in [0.717, 1.165) is 37.6 Å². The first kappa shape index (κ1) is 15.0. The Kier molecular flexibility index (Phi) is 4.08. The number of morpholine rings is 1. The molecule has 1 N–H and O–H groups in total. The Balaban J connectivity index is 1.50. The molecule has 7 nitrogen and oxygen atoms in total. The summed E-state index contributed by atoms with van der Waals surface area (Å²) >= 11 is 0. The summed E-state index contributed by atoms with van der Waals surface area (Å²) in [4.78, 5) is 27.6. The lowest BCUT2D eigenvalue weighted by molar-refractivity contribution is 0.102. The molecule has 2 aromatic rings. The molecule has 1 saturated carbocycles. The zero-order valence-corrected chi connectivity index (χ0v) is 13.3. The van der Waals surface area contributed by atoms with E-state index in [-0.39, 0.29) is 5.91 Å². The number of amides is 1. The van der Waals surface area contributed by atoms with Gasteiger partial charge in [0.15, 0.2) is 5.82 Å². The normalized spacial score (nSPS) is 17.6. The number of nitrogens with one attached hydrogen (secondary N) is 1. The van der Waals surface area contributed by atoms with E-state index in [1.54, 1.807) is 18.6 Å². The molecule has 0 aromatic carbocycles. The van der Waals surface area contributed by atoms with Gasteiger partial charge in [0.25, 0.3) is 5.91 Å². The van der Waals surface area contributed by atoms with Crippen molar-refractivity contribution in [1.29, 1.82) is 0 Å². The molecule has 2 aromatic heterocycles. The molecule has 3 heterocycles. The van der Waals surface area contributed by atoms with Crippen molar-refractivity contribution >= 4 is 17.4 Å². The maximum Gasteiger partial charge on any atom is 0.258 e. The van der Waals surface area contributed by atoms with Gasteiger partial charge in [0.1, 0.15) is 5.82 Å². The first-order valence-corrected chi connectivity index (χ1v) is 8.22. The minimum absolute atomic E-state index is 0.222. The van der Waals surface area contributed by atoms with Crippen molar-refractivity contribution in [2.45, 2.75) is 18.8 Å². The number of anilines is 2. The van der Waals surface area contributed by atoms with Crippen molar-refractivity contribution in [2.75, 3.05) is 36.5 Å². The van der Waals surface area contributed by atoms with Crippen LogP contribution in [-0.2, 0) is 4.74 Å². The fourth-order valence-electron chi connectivity index (χ4n) is 2.72. The lowest BCUT2D eigenvalue weighted by Crippen LogP contribution is -2.37. The number of rotatable bonds is 4. The number of ether oxygens (including phenoxy) is 1. The second kappa shape index (κ2) is 6.52. The lowest BCUT2D eigenvalue weighted by Gasteiger charge is -2.29. The van der Waals surface area contributed by atoms with Gasteiger partial charge in [-0.2, -0.15) is 0 Å². The van der Waals surface area contributed by atoms with Crippen LogP contribution in [-0.4, -0.2) is 47.2 Å². The number of carbonyl (C=O) groups excluding carboxylic acids is 1. The quantitative estimate of drug-likeness (QED) is 0.924. The minimum atomic E-state index is -0.222. The van der Waals surface area contributed by atoms with E-state index in [2.05, 4.69) is 25.2 Å². The maximum absolute atomic E-state index is 12.5. The standard InChI is InChI=1S/C17H19N5O2/c23-17(13-10-19-15(20-11-13)12-3-4-12)21-14-2-1-5-18-16(14)22-6-8-24-9-7-22/h1-2,5,10-12H,3-4,6-9H2,(H,21,23). The van der Waals surface area contributed by atoms with Crippen LogP contribution in [0.4, 0.5) is 11.5 Å². The van der Waals surface area contributed by atoms with Crippen LogP contribution in [0.2, 0.25) is 0 Å². The Hall–Kier alpha value is -2.54. The summed E-state index contributed by atoms with van der Waals surface area (Å²) in [6.07, 6.45) is 7.21. The van der Waals surface area contributed by atoms with E-state index in [1.165, 1.54) is 0 Å². The molecule has 4 rings (SSSR count). The molecular weight excluding hydrogens is 306 g/mol. The summed E-state index contributed by atoms with van der Waals surface area (Å²) in [7, 11) is 0. The van der Waals surface area contributed by atoms with Gasteiger partial charge in [-0.1, -0.05) is 0 Å². The molecule has 7 heteroatoms. The molecule has 0 spiro atoms. The summed E-state index contributed by atoms with van der Waals surface area (Å²) in [5, 5.41) is 2.92. The summed E-state index contributed by atoms with van der Waals surface area (Å²) in [6, 6.07) is 3.67. The molecule has 2 fully saturated rings. The molecular formula is C17H19N5O2. The van der Waals surface area contributed by atoms with E-state index in [0.29, 0.717) is 30.4 Å². The van der Waals surface area contributed by atoms with E-state index in [9.17, 15) is 4.79 Å². The van der Waals surface area contributed by atoms with Gasteiger partial charge in [-0.25, -0.2) is 15.0 Å². The fraction of sp³-hybridized carbons (Fsp3) is 0.412. The molecule has 24 heavy (non-hydrogen) atoms. The smallest absolute Gasteiger partial charge is 0.258 e. The van der Waals surface area contributed by atoms with Gasteiger partial charge in [0.05, 0.1) is 24.5 Å². The van der Waals surface area contributed by atoms with Crippen LogP contribution in [0.3, 0.4) is 0 Å². The largest absolute Gasteiger partial charge is 0.378 e. The Bertz CT molecular complexity index is 724. The van der Waals surface area contributed by atoms with Gasteiger partial charge in [-0.3, -0.25) is 4.79 Å². The van der Waals surface area contributed by atoms with E-state index in [1.807, 2.05) is 12.1 Å².